The Hall–Kier alpha value is -2.48. The Bertz CT molecular complexity index is 815. The number of anilines is 1. The second-order valence-electron chi connectivity index (χ2n) is 5.48. The first kappa shape index (κ1) is 18.3. The van der Waals surface area contributed by atoms with E-state index < -0.39 is 0 Å². The van der Waals surface area contributed by atoms with Gasteiger partial charge in [-0.3, -0.25) is 4.79 Å². The molecule has 0 fully saturated rings. The number of thiazole rings is 1. The molecule has 136 valence electrons. The molecule has 3 rings (SSSR count). The highest BCUT2D eigenvalue weighted by Gasteiger charge is 2.06. The van der Waals surface area contributed by atoms with Gasteiger partial charge in [0.1, 0.15) is 24.0 Å². The molecule has 0 saturated carbocycles. The summed E-state index contributed by atoms with van der Waals surface area (Å²) in [6.07, 6.45) is 0. The number of hydrogen-bond acceptors (Lipinski definition) is 6. The third kappa shape index (κ3) is 5.26. The molecule has 0 bridgehead atoms. The highest BCUT2D eigenvalue weighted by atomic mass is 32.1. The summed E-state index contributed by atoms with van der Waals surface area (Å²) < 4.78 is 17.0. The van der Waals surface area contributed by atoms with Crippen LogP contribution in [0, 0.1) is 0 Å². The lowest BCUT2D eigenvalue weighted by atomic mass is 10.3. The number of rotatable bonds is 9. The van der Waals surface area contributed by atoms with Crippen molar-refractivity contribution >= 4 is 33.1 Å². The molecule has 0 atom stereocenters. The highest BCUT2D eigenvalue weighted by molar-refractivity contribution is 7.18. The van der Waals surface area contributed by atoms with Crippen molar-refractivity contribution in [3.05, 3.63) is 53.5 Å². The van der Waals surface area contributed by atoms with Crippen LogP contribution in [0.5, 0.6) is 5.75 Å². The quantitative estimate of drug-likeness (QED) is 0.583. The molecule has 0 aliphatic carbocycles. The summed E-state index contributed by atoms with van der Waals surface area (Å²) in [6.45, 7) is 1.31. The van der Waals surface area contributed by atoms with Crippen LogP contribution in [0.3, 0.4) is 0 Å². The Labute approximate surface area is 155 Å². The molecule has 1 aromatic heterocycles. The number of amides is 1. The second kappa shape index (κ2) is 9.28. The molecule has 0 unspecified atom stereocenters. The number of carbonyl (C=O) groups is 1. The van der Waals surface area contributed by atoms with Crippen LogP contribution in [-0.4, -0.2) is 37.8 Å². The molecule has 0 saturated heterocycles. The summed E-state index contributed by atoms with van der Waals surface area (Å²) >= 11 is 1.57. The average Bonchev–Trinajstić information content (AvgIpc) is 3.06. The molecule has 7 heteroatoms. The molecule has 0 spiro atoms. The first-order valence-corrected chi connectivity index (χ1v) is 9.00. The van der Waals surface area contributed by atoms with Crippen molar-refractivity contribution in [1.29, 1.82) is 0 Å². The molecule has 1 amide bonds. The predicted octanol–water partition coefficient (Wildman–Crippen LogP) is 3.48. The fourth-order valence-electron chi connectivity index (χ4n) is 2.29. The van der Waals surface area contributed by atoms with Gasteiger partial charge in [-0.05, 0) is 36.4 Å². The van der Waals surface area contributed by atoms with E-state index in [1.807, 2.05) is 24.3 Å². The molecule has 1 heterocycles. The van der Waals surface area contributed by atoms with Crippen LogP contribution in [0.2, 0.25) is 0 Å². The third-order valence-corrected chi connectivity index (χ3v) is 4.50. The standard InChI is InChI=1S/C19H20N2O4S/c1-23-10-11-25-15-8-6-14(7-9-15)20-18(22)12-24-13-19-21-16-4-2-3-5-17(16)26-19/h2-9H,10-13H2,1H3,(H,20,22). The minimum absolute atomic E-state index is 0.0258. The molecule has 6 nitrogen and oxygen atoms in total. The second-order valence-corrected chi connectivity index (χ2v) is 6.60. The molecule has 0 aliphatic heterocycles. The van der Waals surface area contributed by atoms with Gasteiger partial charge in [0.05, 0.1) is 23.4 Å². The number of benzene rings is 2. The van der Waals surface area contributed by atoms with Crippen LogP contribution in [0.15, 0.2) is 48.5 Å². The van der Waals surface area contributed by atoms with Crippen LogP contribution in [0.1, 0.15) is 5.01 Å². The van der Waals surface area contributed by atoms with Gasteiger partial charge in [0.2, 0.25) is 5.91 Å². The molecular formula is C19H20N2O4S. The summed E-state index contributed by atoms with van der Waals surface area (Å²) in [4.78, 5) is 16.4. The van der Waals surface area contributed by atoms with Gasteiger partial charge in [-0.2, -0.15) is 0 Å². The van der Waals surface area contributed by atoms with E-state index in [4.69, 9.17) is 14.2 Å². The molecule has 0 radical (unpaired) electrons. The maximum absolute atomic E-state index is 12.0. The highest BCUT2D eigenvalue weighted by Crippen LogP contribution is 2.22. The zero-order chi connectivity index (χ0) is 18.2. The van der Waals surface area contributed by atoms with Gasteiger partial charge in [0.25, 0.3) is 0 Å². The fraction of sp³-hybridized carbons (Fsp3) is 0.263. The van der Waals surface area contributed by atoms with E-state index in [2.05, 4.69) is 10.3 Å². The summed E-state index contributed by atoms with van der Waals surface area (Å²) in [7, 11) is 1.63. The van der Waals surface area contributed by atoms with Gasteiger partial charge in [-0.15, -0.1) is 11.3 Å². The Morgan fingerprint density at radius 3 is 2.69 bits per heavy atom. The fourth-order valence-corrected chi connectivity index (χ4v) is 3.19. The minimum Gasteiger partial charge on any atom is -0.491 e. The maximum Gasteiger partial charge on any atom is 0.250 e. The first-order valence-electron chi connectivity index (χ1n) is 8.18. The lowest BCUT2D eigenvalue weighted by Gasteiger charge is -2.08. The van der Waals surface area contributed by atoms with Gasteiger partial charge in [0, 0.05) is 12.8 Å². The van der Waals surface area contributed by atoms with Crippen molar-refractivity contribution in [2.75, 3.05) is 32.2 Å². The lowest BCUT2D eigenvalue weighted by molar-refractivity contribution is -0.121. The number of carbonyl (C=O) groups excluding carboxylic acids is 1. The molecule has 3 aromatic rings. The van der Waals surface area contributed by atoms with E-state index >= 15 is 0 Å². The van der Waals surface area contributed by atoms with Gasteiger partial charge >= 0.3 is 0 Å². The van der Waals surface area contributed by atoms with Gasteiger partial charge in [-0.1, -0.05) is 12.1 Å². The Kier molecular flexibility index (Phi) is 6.54. The smallest absolute Gasteiger partial charge is 0.250 e. The number of ether oxygens (including phenoxy) is 3. The van der Waals surface area contributed by atoms with Gasteiger partial charge in [0.15, 0.2) is 0 Å². The predicted molar refractivity (Wildman–Crippen MR) is 102 cm³/mol. The van der Waals surface area contributed by atoms with Gasteiger partial charge < -0.3 is 19.5 Å². The van der Waals surface area contributed by atoms with E-state index in [1.54, 1.807) is 42.7 Å². The number of aromatic nitrogens is 1. The molecular weight excluding hydrogens is 352 g/mol. The Morgan fingerprint density at radius 1 is 1.12 bits per heavy atom. The van der Waals surface area contributed by atoms with E-state index in [-0.39, 0.29) is 12.5 Å². The first-order chi connectivity index (χ1) is 12.7. The van der Waals surface area contributed by atoms with E-state index in [9.17, 15) is 4.79 Å². The van der Waals surface area contributed by atoms with Crippen molar-refractivity contribution in [3.63, 3.8) is 0 Å². The number of methoxy groups -OCH3 is 1. The number of para-hydroxylation sites is 1. The SMILES string of the molecule is COCCOc1ccc(NC(=O)COCc2nc3ccccc3s2)cc1. The largest absolute Gasteiger partial charge is 0.491 e. The van der Waals surface area contributed by atoms with Crippen LogP contribution >= 0.6 is 11.3 Å². The zero-order valence-corrected chi connectivity index (χ0v) is 15.3. The summed E-state index contributed by atoms with van der Waals surface area (Å²) in [5.74, 6) is 0.520. The van der Waals surface area contributed by atoms with Crippen LogP contribution < -0.4 is 10.1 Å². The van der Waals surface area contributed by atoms with E-state index in [0.717, 1.165) is 21.0 Å². The van der Waals surface area contributed by atoms with Crippen LogP contribution in [-0.2, 0) is 20.9 Å². The monoisotopic (exact) mass is 372 g/mol. The summed E-state index contributed by atoms with van der Waals surface area (Å²) in [6, 6.07) is 15.1. The minimum atomic E-state index is -0.209. The Morgan fingerprint density at radius 2 is 1.92 bits per heavy atom. The molecule has 2 aromatic carbocycles. The van der Waals surface area contributed by atoms with Gasteiger partial charge in [-0.25, -0.2) is 4.98 Å². The molecule has 26 heavy (non-hydrogen) atoms. The average molecular weight is 372 g/mol. The lowest BCUT2D eigenvalue weighted by Crippen LogP contribution is -2.18. The van der Waals surface area contributed by atoms with Crippen molar-refractivity contribution < 1.29 is 19.0 Å². The molecule has 0 aliphatic rings. The van der Waals surface area contributed by atoms with E-state index in [1.165, 1.54) is 0 Å². The topological polar surface area (TPSA) is 69.7 Å². The van der Waals surface area contributed by atoms with Crippen LogP contribution in [0.25, 0.3) is 10.2 Å². The summed E-state index contributed by atoms with van der Waals surface area (Å²) in [5, 5.41) is 3.65. The summed E-state index contributed by atoms with van der Waals surface area (Å²) in [5.41, 5.74) is 1.64. The number of fused-ring (bicyclic) bond motifs is 1. The number of nitrogens with zero attached hydrogens (tertiary/aromatic N) is 1. The van der Waals surface area contributed by atoms with Crippen molar-refractivity contribution in [2.45, 2.75) is 6.61 Å². The Balaban J connectivity index is 1.42. The van der Waals surface area contributed by atoms with E-state index in [0.29, 0.717) is 25.5 Å². The van der Waals surface area contributed by atoms with Crippen molar-refractivity contribution in [2.24, 2.45) is 0 Å². The third-order valence-electron chi connectivity index (χ3n) is 3.49. The maximum atomic E-state index is 12.0. The number of nitrogens with one attached hydrogen (secondary N) is 1. The normalized spacial score (nSPS) is 10.8. The number of hydrogen-bond donors (Lipinski definition) is 1. The molecule has 1 N–H and O–H groups in total. The zero-order valence-electron chi connectivity index (χ0n) is 14.4. The van der Waals surface area contributed by atoms with Crippen molar-refractivity contribution in [1.82, 2.24) is 4.98 Å². The van der Waals surface area contributed by atoms with Crippen molar-refractivity contribution in [3.8, 4) is 5.75 Å². The van der Waals surface area contributed by atoms with Crippen LogP contribution in [0.4, 0.5) is 5.69 Å².